The van der Waals surface area contributed by atoms with Crippen LogP contribution in [-0.4, -0.2) is 9.55 Å². The minimum atomic E-state index is -0.323. The van der Waals surface area contributed by atoms with Gasteiger partial charge in [-0.25, -0.2) is 4.98 Å². The molecule has 0 unspecified atom stereocenters. The van der Waals surface area contributed by atoms with E-state index in [0.29, 0.717) is 28.2 Å². The van der Waals surface area contributed by atoms with E-state index < -0.39 is 0 Å². The molecule has 0 aliphatic carbocycles. The number of aromatic nitrogens is 2. The van der Waals surface area contributed by atoms with Gasteiger partial charge >= 0.3 is 0 Å². The van der Waals surface area contributed by atoms with Gasteiger partial charge < -0.3 is 5.73 Å². The van der Waals surface area contributed by atoms with Crippen LogP contribution in [0.5, 0.6) is 0 Å². The Kier molecular flexibility index (Phi) is 3.96. The Labute approximate surface area is 133 Å². The fraction of sp³-hybridized carbons (Fsp3) is 0.176. The summed E-state index contributed by atoms with van der Waals surface area (Å²) in [6.07, 6.45) is 0.686. The highest BCUT2D eigenvalue weighted by Crippen LogP contribution is 2.22. The molecule has 3 aromatic rings. The maximum absolute atomic E-state index is 13.0. The molecule has 0 aliphatic rings. The van der Waals surface area contributed by atoms with Gasteiger partial charge in [-0.1, -0.05) is 42.8 Å². The van der Waals surface area contributed by atoms with Crippen molar-refractivity contribution in [3.8, 4) is 5.69 Å². The van der Waals surface area contributed by atoms with Gasteiger partial charge in [0.1, 0.15) is 5.82 Å². The maximum Gasteiger partial charge on any atom is 0.267 e. The van der Waals surface area contributed by atoms with Crippen LogP contribution in [0.3, 0.4) is 0 Å². The summed E-state index contributed by atoms with van der Waals surface area (Å²) in [6, 6.07) is 14.3. The number of hydrogen-bond donors (Lipinski definition) is 1. The monoisotopic (exact) mass is 313 g/mol. The van der Waals surface area contributed by atoms with Crippen LogP contribution < -0.4 is 11.3 Å². The topological polar surface area (TPSA) is 60.9 Å². The second-order valence-electron chi connectivity index (χ2n) is 5.09. The Hall–Kier alpha value is -2.17. The first kappa shape index (κ1) is 14.8. The van der Waals surface area contributed by atoms with Crippen LogP contribution in [0.4, 0.5) is 0 Å². The molecular weight excluding hydrogens is 298 g/mol. The van der Waals surface area contributed by atoms with Crippen LogP contribution in [0.25, 0.3) is 16.6 Å². The van der Waals surface area contributed by atoms with Crippen molar-refractivity contribution in [2.45, 2.75) is 19.4 Å². The Morgan fingerprint density at radius 3 is 2.59 bits per heavy atom. The van der Waals surface area contributed by atoms with E-state index in [0.717, 1.165) is 5.69 Å². The van der Waals surface area contributed by atoms with Gasteiger partial charge in [-0.05, 0) is 30.7 Å². The Bertz CT molecular complexity index is 874. The van der Waals surface area contributed by atoms with Gasteiger partial charge in [0.25, 0.3) is 5.56 Å². The van der Waals surface area contributed by atoms with Crippen LogP contribution in [0.1, 0.15) is 25.2 Å². The highest BCUT2D eigenvalue weighted by atomic mass is 35.5. The molecule has 0 bridgehead atoms. The zero-order chi connectivity index (χ0) is 15.7. The lowest BCUT2D eigenvalue weighted by Crippen LogP contribution is -2.28. The number of hydrogen-bond acceptors (Lipinski definition) is 3. The minimum Gasteiger partial charge on any atom is -0.321 e. The molecule has 0 fully saturated rings. The molecule has 1 heterocycles. The summed E-state index contributed by atoms with van der Waals surface area (Å²) in [5, 5.41) is 0.816. The van der Waals surface area contributed by atoms with Gasteiger partial charge in [0.15, 0.2) is 0 Å². The Morgan fingerprint density at radius 1 is 1.18 bits per heavy atom. The van der Waals surface area contributed by atoms with E-state index in [1.807, 2.05) is 37.3 Å². The lowest BCUT2D eigenvalue weighted by Gasteiger charge is -2.17. The lowest BCUT2D eigenvalue weighted by atomic mass is 10.1. The molecule has 0 radical (unpaired) electrons. The van der Waals surface area contributed by atoms with Gasteiger partial charge in [0.2, 0.25) is 0 Å². The first-order valence-electron chi connectivity index (χ1n) is 7.15. The normalized spacial score (nSPS) is 12.5. The number of nitrogens with two attached hydrogens (primary N) is 1. The lowest BCUT2D eigenvalue weighted by molar-refractivity contribution is 0.623. The van der Waals surface area contributed by atoms with E-state index in [1.54, 1.807) is 22.8 Å². The van der Waals surface area contributed by atoms with Crippen molar-refractivity contribution < 1.29 is 0 Å². The van der Waals surface area contributed by atoms with Crippen molar-refractivity contribution in [2.24, 2.45) is 5.73 Å². The van der Waals surface area contributed by atoms with Crippen molar-refractivity contribution >= 4 is 22.5 Å². The number of halogens is 1. The molecule has 22 heavy (non-hydrogen) atoms. The second kappa shape index (κ2) is 5.91. The minimum absolute atomic E-state index is 0.194. The molecule has 0 spiro atoms. The van der Waals surface area contributed by atoms with Gasteiger partial charge in [-0.3, -0.25) is 9.36 Å². The molecule has 0 amide bonds. The third kappa shape index (κ3) is 2.40. The quantitative estimate of drug-likeness (QED) is 0.805. The average molecular weight is 314 g/mol. The summed E-state index contributed by atoms with van der Waals surface area (Å²) in [5.41, 5.74) is 7.29. The third-order valence-corrected chi connectivity index (χ3v) is 3.97. The zero-order valence-corrected chi connectivity index (χ0v) is 12.9. The van der Waals surface area contributed by atoms with Crippen molar-refractivity contribution in [3.63, 3.8) is 0 Å². The van der Waals surface area contributed by atoms with E-state index in [1.165, 1.54) is 0 Å². The van der Waals surface area contributed by atoms with E-state index >= 15 is 0 Å². The summed E-state index contributed by atoms with van der Waals surface area (Å²) in [4.78, 5) is 17.6. The molecule has 0 saturated heterocycles. The third-order valence-electron chi connectivity index (χ3n) is 3.66. The van der Waals surface area contributed by atoms with Crippen molar-refractivity contribution in [3.05, 3.63) is 69.7 Å². The molecule has 5 heteroatoms. The summed E-state index contributed by atoms with van der Waals surface area (Å²) in [7, 11) is 0. The predicted octanol–water partition coefficient (Wildman–Crippen LogP) is 3.45. The fourth-order valence-electron chi connectivity index (χ4n) is 2.46. The molecule has 112 valence electrons. The fourth-order valence-corrected chi connectivity index (χ4v) is 2.72. The number of fused-ring (bicyclic) bond motifs is 1. The molecule has 0 saturated carbocycles. The SMILES string of the molecule is CC[C@@H](N)c1nc2cccc(Cl)c2c(=O)n1-c1ccccc1. The molecule has 4 nitrogen and oxygen atoms in total. The van der Waals surface area contributed by atoms with Crippen LogP contribution in [0.2, 0.25) is 5.02 Å². The number of benzene rings is 2. The average Bonchev–Trinajstić information content (AvgIpc) is 2.54. The number of rotatable bonds is 3. The van der Waals surface area contributed by atoms with E-state index in [9.17, 15) is 4.79 Å². The maximum atomic E-state index is 13.0. The van der Waals surface area contributed by atoms with Crippen molar-refractivity contribution in [1.82, 2.24) is 9.55 Å². The van der Waals surface area contributed by atoms with Gasteiger partial charge in [-0.2, -0.15) is 0 Å². The molecule has 1 atom stereocenters. The van der Waals surface area contributed by atoms with Crippen molar-refractivity contribution in [1.29, 1.82) is 0 Å². The first-order chi connectivity index (χ1) is 10.6. The number of nitrogens with zero attached hydrogens (tertiary/aromatic N) is 2. The van der Waals surface area contributed by atoms with E-state index in [2.05, 4.69) is 4.98 Å². The summed E-state index contributed by atoms with van der Waals surface area (Å²) in [6.45, 7) is 1.97. The highest BCUT2D eigenvalue weighted by Gasteiger charge is 2.18. The first-order valence-corrected chi connectivity index (χ1v) is 7.53. The van der Waals surface area contributed by atoms with Crippen LogP contribution in [0.15, 0.2) is 53.3 Å². The van der Waals surface area contributed by atoms with Crippen LogP contribution in [0, 0.1) is 0 Å². The van der Waals surface area contributed by atoms with Crippen LogP contribution in [-0.2, 0) is 0 Å². The Balaban J connectivity index is 2.44. The molecule has 3 rings (SSSR count). The van der Waals surface area contributed by atoms with Gasteiger partial charge in [0, 0.05) is 0 Å². The van der Waals surface area contributed by atoms with E-state index in [-0.39, 0.29) is 11.6 Å². The Morgan fingerprint density at radius 2 is 1.91 bits per heavy atom. The smallest absolute Gasteiger partial charge is 0.267 e. The molecule has 0 aliphatic heterocycles. The van der Waals surface area contributed by atoms with E-state index in [4.69, 9.17) is 17.3 Å². The standard InChI is InChI=1S/C17H16ClN3O/c1-2-13(19)16-20-14-10-6-9-12(18)15(14)17(22)21(16)11-7-4-3-5-8-11/h3-10,13H,2,19H2,1H3/t13-/m1/s1. The molecule has 1 aromatic heterocycles. The summed E-state index contributed by atoms with van der Waals surface area (Å²) >= 11 is 6.20. The molecular formula is C17H16ClN3O. The zero-order valence-electron chi connectivity index (χ0n) is 12.2. The second-order valence-corrected chi connectivity index (χ2v) is 5.50. The summed E-state index contributed by atoms with van der Waals surface area (Å²) < 4.78 is 1.56. The van der Waals surface area contributed by atoms with Gasteiger partial charge in [-0.15, -0.1) is 0 Å². The molecule has 2 N–H and O–H groups in total. The van der Waals surface area contributed by atoms with Crippen LogP contribution >= 0.6 is 11.6 Å². The predicted molar refractivity (Wildman–Crippen MR) is 89.6 cm³/mol. The largest absolute Gasteiger partial charge is 0.321 e. The molecule has 2 aromatic carbocycles. The summed E-state index contributed by atoms with van der Waals surface area (Å²) in [5.74, 6) is 0.550. The number of para-hydroxylation sites is 1. The highest BCUT2D eigenvalue weighted by molar-refractivity contribution is 6.35. The van der Waals surface area contributed by atoms with Crippen molar-refractivity contribution in [2.75, 3.05) is 0 Å². The van der Waals surface area contributed by atoms with Gasteiger partial charge in [0.05, 0.1) is 27.7 Å².